The molecule has 5 rings (SSSR count). The number of non-ortho nitro benzene ring substituents is 1. The van der Waals surface area contributed by atoms with E-state index in [0.29, 0.717) is 29.0 Å². The number of thiazole rings is 1. The lowest BCUT2D eigenvalue weighted by atomic mass is 9.95. The molecule has 0 saturated carbocycles. The second kappa shape index (κ2) is 10.1. The smallest absolute Gasteiger partial charge is 0.301 e. The molecule has 4 aromatic rings. The molecule has 9 nitrogen and oxygen atoms in total. The Kier molecular flexibility index (Phi) is 6.64. The molecule has 1 aromatic heterocycles. The summed E-state index contributed by atoms with van der Waals surface area (Å²) in [5.41, 5.74) is 1.90. The number of ether oxygens (including phenoxy) is 1. The summed E-state index contributed by atoms with van der Waals surface area (Å²) in [7, 11) is 0. The molecule has 192 valence electrons. The number of nitro groups is 1. The topological polar surface area (TPSA) is 123 Å². The number of carbonyl (C=O) groups excluding carboxylic acids is 2. The van der Waals surface area contributed by atoms with E-state index in [0.717, 1.165) is 16.7 Å². The normalized spacial score (nSPS) is 16.8. The number of Topliss-reactive ketones (excluding diaryl/α,β-unsaturated/α-hetero) is 1. The molecule has 0 aliphatic carbocycles. The number of ketones is 1. The van der Waals surface area contributed by atoms with Crippen LogP contribution in [0.1, 0.15) is 36.1 Å². The van der Waals surface area contributed by atoms with Crippen molar-refractivity contribution in [1.82, 2.24) is 4.98 Å². The predicted octanol–water partition coefficient (Wildman–Crippen LogP) is 5.93. The van der Waals surface area contributed by atoms with Crippen LogP contribution < -0.4 is 9.64 Å². The molecular weight excluding hydrogens is 506 g/mol. The number of nitrogens with zero attached hydrogens (tertiary/aromatic N) is 3. The Hall–Kier alpha value is -4.57. The van der Waals surface area contributed by atoms with Gasteiger partial charge in [0.15, 0.2) is 5.13 Å². The van der Waals surface area contributed by atoms with Gasteiger partial charge in [0.25, 0.3) is 11.5 Å². The highest BCUT2D eigenvalue weighted by Crippen LogP contribution is 2.45. The van der Waals surface area contributed by atoms with Crippen LogP contribution in [0.5, 0.6) is 5.75 Å². The van der Waals surface area contributed by atoms with Crippen molar-refractivity contribution in [1.29, 1.82) is 0 Å². The SMILES string of the molecule is CCCOc1ccc(/C(O)=C2\C(=O)C(=O)N(c3nc4ccc(C)cc4s3)C2c2cccc([N+](=O)[O-])c2)cc1. The lowest BCUT2D eigenvalue weighted by molar-refractivity contribution is -0.384. The number of fused-ring (bicyclic) bond motifs is 1. The molecule has 0 bridgehead atoms. The van der Waals surface area contributed by atoms with E-state index in [-0.39, 0.29) is 22.2 Å². The van der Waals surface area contributed by atoms with Crippen LogP contribution in [-0.2, 0) is 9.59 Å². The van der Waals surface area contributed by atoms with Crippen molar-refractivity contribution in [2.45, 2.75) is 26.3 Å². The van der Waals surface area contributed by atoms with Gasteiger partial charge in [-0.1, -0.05) is 36.5 Å². The summed E-state index contributed by atoms with van der Waals surface area (Å²) < 4.78 is 6.42. The highest BCUT2D eigenvalue weighted by atomic mass is 32.1. The molecular formula is C28H23N3O6S. The highest BCUT2D eigenvalue weighted by Gasteiger charge is 2.48. The van der Waals surface area contributed by atoms with Crippen LogP contribution in [-0.4, -0.2) is 33.3 Å². The van der Waals surface area contributed by atoms with Crippen molar-refractivity contribution < 1.29 is 24.4 Å². The summed E-state index contributed by atoms with van der Waals surface area (Å²) in [6, 6.07) is 16.7. The van der Waals surface area contributed by atoms with Gasteiger partial charge in [0.05, 0.1) is 33.4 Å². The first-order chi connectivity index (χ1) is 18.3. The second-order valence-corrected chi connectivity index (χ2v) is 9.87. The first kappa shape index (κ1) is 25.1. The van der Waals surface area contributed by atoms with Gasteiger partial charge in [-0.25, -0.2) is 4.98 Å². The number of aliphatic hydroxyl groups is 1. The maximum Gasteiger partial charge on any atom is 0.301 e. The van der Waals surface area contributed by atoms with Gasteiger partial charge in [-0.05, 0) is 60.9 Å². The summed E-state index contributed by atoms with van der Waals surface area (Å²) in [6.07, 6.45) is 0.833. The minimum absolute atomic E-state index is 0.173. The Bertz CT molecular complexity index is 1610. The van der Waals surface area contributed by atoms with Crippen molar-refractivity contribution in [2.75, 3.05) is 11.5 Å². The Morgan fingerprint density at radius 3 is 2.61 bits per heavy atom. The number of benzene rings is 3. The molecule has 38 heavy (non-hydrogen) atoms. The van der Waals surface area contributed by atoms with Crippen LogP contribution in [0.15, 0.2) is 72.3 Å². The zero-order valence-electron chi connectivity index (χ0n) is 20.6. The number of aliphatic hydroxyl groups excluding tert-OH is 1. The average Bonchev–Trinajstić information content (AvgIpc) is 3.45. The molecule has 1 N–H and O–H groups in total. The number of rotatable bonds is 7. The Balaban J connectivity index is 1.68. The van der Waals surface area contributed by atoms with Crippen molar-refractivity contribution in [3.8, 4) is 5.75 Å². The summed E-state index contributed by atoms with van der Waals surface area (Å²) in [4.78, 5) is 43.6. The van der Waals surface area contributed by atoms with Gasteiger partial charge in [-0.15, -0.1) is 0 Å². The maximum atomic E-state index is 13.4. The Labute approximate surface area is 221 Å². The number of anilines is 1. The van der Waals surface area contributed by atoms with Crippen molar-refractivity contribution in [2.24, 2.45) is 0 Å². The first-order valence-electron chi connectivity index (χ1n) is 11.9. The van der Waals surface area contributed by atoms with Crippen LogP contribution in [0.2, 0.25) is 0 Å². The molecule has 10 heteroatoms. The van der Waals surface area contributed by atoms with Crippen LogP contribution in [0, 0.1) is 17.0 Å². The van der Waals surface area contributed by atoms with Crippen LogP contribution in [0.4, 0.5) is 10.8 Å². The van der Waals surface area contributed by atoms with Gasteiger partial charge in [0.1, 0.15) is 11.5 Å². The maximum absolute atomic E-state index is 13.4. The monoisotopic (exact) mass is 529 g/mol. The molecule has 0 radical (unpaired) electrons. The van der Waals surface area contributed by atoms with Gasteiger partial charge < -0.3 is 9.84 Å². The van der Waals surface area contributed by atoms with E-state index >= 15 is 0 Å². The molecule has 2 heterocycles. The lowest BCUT2D eigenvalue weighted by Crippen LogP contribution is -2.29. The molecule has 1 atom stereocenters. The fourth-order valence-electron chi connectivity index (χ4n) is 4.36. The van der Waals surface area contributed by atoms with Crippen LogP contribution >= 0.6 is 11.3 Å². The minimum Gasteiger partial charge on any atom is -0.507 e. The number of carbonyl (C=O) groups is 2. The highest BCUT2D eigenvalue weighted by molar-refractivity contribution is 7.22. The molecule has 1 fully saturated rings. The van der Waals surface area contributed by atoms with Crippen molar-refractivity contribution >= 4 is 49.8 Å². The third kappa shape index (κ3) is 4.50. The summed E-state index contributed by atoms with van der Waals surface area (Å²) >= 11 is 1.23. The molecule has 0 spiro atoms. The predicted molar refractivity (Wildman–Crippen MR) is 144 cm³/mol. The number of nitro benzene ring substituents is 1. The van der Waals surface area contributed by atoms with E-state index in [1.54, 1.807) is 30.3 Å². The van der Waals surface area contributed by atoms with Crippen molar-refractivity contribution in [3.05, 3.63) is 99.1 Å². The summed E-state index contributed by atoms with van der Waals surface area (Å²) in [6.45, 7) is 4.46. The Morgan fingerprint density at radius 2 is 1.89 bits per heavy atom. The molecule has 3 aromatic carbocycles. The zero-order valence-corrected chi connectivity index (χ0v) is 21.4. The van der Waals surface area contributed by atoms with E-state index in [9.17, 15) is 24.8 Å². The fraction of sp³-hybridized carbons (Fsp3) is 0.179. The average molecular weight is 530 g/mol. The van der Waals surface area contributed by atoms with Crippen LogP contribution in [0.25, 0.3) is 16.0 Å². The lowest BCUT2D eigenvalue weighted by Gasteiger charge is -2.22. The van der Waals surface area contributed by atoms with E-state index in [1.807, 2.05) is 32.0 Å². The van der Waals surface area contributed by atoms with E-state index in [4.69, 9.17) is 4.74 Å². The Morgan fingerprint density at radius 1 is 1.13 bits per heavy atom. The van der Waals surface area contributed by atoms with Crippen molar-refractivity contribution in [3.63, 3.8) is 0 Å². The second-order valence-electron chi connectivity index (χ2n) is 8.86. The largest absolute Gasteiger partial charge is 0.507 e. The van der Waals surface area contributed by atoms with Gasteiger partial charge in [0, 0.05) is 17.7 Å². The molecule has 1 amide bonds. The minimum atomic E-state index is -1.12. The number of aromatic nitrogens is 1. The number of hydrogen-bond acceptors (Lipinski definition) is 8. The molecule has 1 saturated heterocycles. The van der Waals surface area contributed by atoms with E-state index < -0.39 is 22.7 Å². The molecule has 1 aliphatic heterocycles. The van der Waals surface area contributed by atoms with Crippen LogP contribution in [0.3, 0.4) is 0 Å². The number of hydrogen-bond donors (Lipinski definition) is 1. The van der Waals surface area contributed by atoms with E-state index in [1.165, 1.54) is 34.4 Å². The van der Waals surface area contributed by atoms with Gasteiger partial charge >= 0.3 is 5.91 Å². The summed E-state index contributed by atoms with van der Waals surface area (Å²) in [5, 5.41) is 23.1. The van der Waals surface area contributed by atoms with E-state index in [2.05, 4.69) is 4.98 Å². The van der Waals surface area contributed by atoms with Gasteiger partial charge in [-0.3, -0.25) is 24.6 Å². The first-order valence-corrected chi connectivity index (χ1v) is 12.8. The molecule has 1 aliphatic rings. The number of amides is 1. The zero-order chi connectivity index (χ0) is 27.0. The summed E-state index contributed by atoms with van der Waals surface area (Å²) in [5.74, 6) is -1.56. The standard InChI is InChI=1S/C28H23N3O6S/c1-3-13-37-20-10-8-17(9-11-20)25(32)23-24(18-5-4-6-19(15-18)31(35)36)30(27(34)26(23)33)28-29-21-12-7-16(2)14-22(21)38-28/h4-12,14-15,24,32H,3,13H2,1-2H3/b25-23+. The molecule has 1 unspecified atom stereocenters. The third-order valence-corrected chi connectivity index (χ3v) is 7.20. The van der Waals surface area contributed by atoms with Gasteiger partial charge in [-0.2, -0.15) is 0 Å². The fourth-order valence-corrected chi connectivity index (χ4v) is 5.45. The quantitative estimate of drug-likeness (QED) is 0.103. The van der Waals surface area contributed by atoms with Gasteiger partial charge in [0.2, 0.25) is 0 Å². The number of aryl methyl sites for hydroxylation is 1. The third-order valence-electron chi connectivity index (χ3n) is 6.18.